The first kappa shape index (κ1) is 23.4. The molecular formula is C29H33NO2S. The van der Waals surface area contributed by atoms with Gasteiger partial charge in [0.15, 0.2) is 0 Å². The van der Waals surface area contributed by atoms with Crippen LogP contribution in [-0.2, 0) is 22.4 Å². The van der Waals surface area contributed by atoms with E-state index in [1.165, 1.54) is 27.9 Å². The zero-order valence-electron chi connectivity index (χ0n) is 19.4. The van der Waals surface area contributed by atoms with Crippen LogP contribution in [0.5, 0.6) is 0 Å². The molecule has 0 aromatic heterocycles. The molecule has 0 atom stereocenters. The van der Waals surface area contributed by atoms with Crippen molar-refractivity contribution in [1.29, 1.82) is 0 Å². The minimum atomic E-state index is -0.710. The minimum absolute atomic E-state index is 0.0974. The summed E-state index contributed by atoms with van der Waals surface area (Å²) in [6, 6.07) is 28.2. The molecule has 1 aliphatic heterocycles. The second kappa shape index (κ2) is 10.9. The number of hydrogen-bond acceptors (Lipinski definition) is 3. The van der Waals surface area contributed by atoms with E-state index >= 15 is 0 Å². The second-order valence-corrected chi connectivity index (χ2v) is 10.4. The molecule has 1 heterocycles. The third-order valence-electron chi connectivity index (χ3n) is 6.68. The van der Waals surface area contributed by atoms with E-state index in [1.54, 1.807) is 0 Å². The molecule has 0 bridgehead atoms. The van der Waals surface area contributed by atoms with E-state index in [9.17, 15) is 4.79 Å². The van der Waals surface area contributed by atoms with Gasteiger partial charge in [0.1, 0.15) is 0 Å². The molecule has 0 fully saturated rings. The van der Waals surface area contributed by atoms with Gasteiger partial charge in [0.2, 0.25) is 0 Å². The van der Waals surface area contributed by atoms with E-state index in [2.05, 4.69) is 90.7 Å². The van der Waals surface area contributed by atoms with E-state index in [-0.39, 0.29) is 11.2 Å². The number of fused-ring (bicyclic) bond motifs is 1. The van der Waals surface area contributed by atoms with Crippen LogP contribution in [0.2, 0.25) is 0 Å². The van der Waals surface area contributed by atoms with Gasteiger partial charge in [-0.15, -0.1) is 11.8 Å². The molecule has 0 unspecified atom stereocenters. The Bertz CT molecular complexity index is 1010. The van der Waals surface area contributed by atoms with Gasteiger partial charge in [-0.05, 0) is 60.9 Å². The normalized spacial score (nSPS) is 13.5. The van der Waals surface area contributed by atoms with E-state index in [0.717, 1.165) is 38.1 Å². The third kappa shape index (κ3) is 5.62. The van der Waals surface area contributed by atoms with Gasteiger partial charge in [0.25, 0.3) is 0 Å². The lowest BCUT2D eigenvalue weighted by Crippen LogP contribution is -2.33. The third-order valence-corrected chi connectivity index (χ3v) is 8.12. The van der Waals surface area contributed by atoms with Crippen LogP contribution in [0, 0.1) is 0 Å². The Morgan fingerprint density at radius 2 is 1.64 bits per heavy atom. The molecule has 4 heteroatoms. The number of aryl methyl sites for hydroxylation is 1. The molecule has 0 aliphatic carbocycles. The van der Waals surface area contributed by atoms with Crippen molar-refractivity contribution in [1.82, 2.24) is 0 Å². The van der Waals surface area contributed by atoms with Crippen molar-refractivity contribution in [3.05, 3.63) is 101 Å². The Kier molecular flexibility index (Phi) is 7.77. The summed E-state index contributed by atoms with van der Waals surface area (Å²) in [5.41, 5.74) is 6.76. The Balaban J connectivity index is 1.48. The second-order valence-electron chi connectivity index (χ2n) is 8.87. The monoisotopic (exact) mass is 459 g/mol. The standard InChI is InChI=1S/C29H33NO2S/c1-29(24-13-4-2-5-14-24,25-15-6-3-7-16-25)33-22-21-30-20-10-17-26-23(11-8-18-27(26)30)12-9-19-28(31)32/h2-8,11,13-16,18H,9-10,12,17,19-22H2,1H3,(H,31,32). The predicted octanol–water partition coefficient (Wildman–Crippen LogP) is 6.54. The number of hydrogen-bond donors (Lipinski definition) is 1. The Morgan fingerprint density at radius 3 is 2.27 bits per heavy atom. The number of aliphatic carboxylic acids is 1. The topological polar surface area (TPSA) is 40.5 Å². The Morgan fingerprint density at radius 1 is 0.970 bits per heavy atom. The highest BCUT2D eigenvalue weighted by atomic mass is 32.2. The highest BCUT2D eigenvalue weighted by Crippen LogP contribution is 2.42. The van der Waals surface area contributed by atoms with Crippen molar-refractivity contribution in [2.45, 2.75) is 43.8 Å². The zero-order valence-corrected chi connectivity index (χ0v) is 20.2. The minimum Gasteiger partial charge on any atom is -0.481 e. The lowest BCUT2D eigenvalue weighted by Gasteiger charge is -2.35. The lowest BCUT2D eigenvalue weighted by atomic mass is 9.92. The molecule has 3 aromatic rings. The quantitative estimate of drug-likeness (QED) is 0.373. The Labute approximate surface area is 201 Å². The van der Waals surface area contributed by atoms with Crippen LogP contribution in [-0.4, -0.2) is 29.9 Å². The number of carboxylic acid groups (broad SMARTS) is 1. The molecule has 33 heavy (non-hydrogen) atoms. The maximum absolute atomic E-state index is 10.9. The summed E-state index contributed by atoms with van der Waals surface area (Å²) in [5.74, 6) is 0.321. The van der Waals surface area contributed by atoms with Crippen LogP contribution >= 0.6 is 11.8 Å². The fraction of sp³-hybridized carbons (Fsp3) is 0.345. The predicted molar refractivity (Wildman–Crippen MR) is 139 cm³/mol. The van der Waals surface area contributed by atoms with Gasteiger partial charge < -0.3 is 10.0 Å². The summed E-state index contributed by atoms with van der Waals surface area (Å²) in [4.78, 5) is 13.5. The van der Waals surface area contributed by atoms with Gasteiger partial charge in [-0.3, -0.25) is 4.79 Å². The first-order valence-electron chi connectivity index (χ1n) is 11.9. The van der Waals surface area contributed by atoms with Crippen molar-refractivity contribution in [3.63, 3.8) is 0 Å². The van der Waals surface area contributed by atoms with E-state index < -0.39 is 5.97 Å². The fourth-order valence-electron chi connectivity index (χ4n) is 4.88. The van der Waals surface area contributed by atoms with Crippen LogP contribution in [0.25, 0.3) is 0 Å². The van der Waals surface area contributed by atoms with Crippen LogP contribution in [0.4, 0.5) is 5.69 Å². The van der Waals surface area contributed by atoms with Crippen molar-refractivity contribution in [3.8, 4) is 0 Å². The maximum Gasteiger partial charge on any atom is 0.303 e. The summed E-state index contributed by atoms with van der Waals surface area (Å²) < 4.78 is -0.0974. The average Bonchev–Trinajstić information content (AvgIpc) is 2.85. The number of nitrogens with zero attached hydrogens (tertiary/aromatic N) is 1. The molecule has 0 spiro atoms. The van der Waals surface area contributed by atoms with Gasteiger partial charge >= 0.3 is 5.97 Å². The fourth-order valence-corrected chi connectivity index (χ4v) is 6.20. The molecule has 0 amide bonds. The molecule has 0 radical (unpaired) electrons. The Hall–Kier alpha value is -2.72. The number of thioether (sulfide) groups is 1. The summed E-state index contributed by atoms with van der Waals surface area (Å²) in [6.45, 7) is 4.43. The summed E-state index contributed by atoms with van der Waals surface area (Å²) >= 11 is 2.01. The van der Waals surface area contributed by atoms with Crippen molar-refractivity contribution >= 4 is 23.4 Å². The van der Waals surface area contributed by atoms with Crippen molar-refractivity contribution < 1.29 is 9.90 Å². The van der Waals surface area contributed by atoms with E-state index in [4.69, 9.17) is 5.11 Å². The molecule has 0 saturated carbocycles. The summed E-state index contributed by atoms with van der Waals surface area (Å²) in [6.07, 6.45) is 4.03. The number of rotatable bonds is 10. The largest absolute Gasteiger partial charge is 0.481 e. The number of carbonyl (C=O) groups is 1. The van der Waals surface area contributed by atoms with E-state index in [1.807, 2.05) is 11.8 Å². The van der Waals surface area contributed by atoms with Crippen molar-refractivity contribution in [2.75, 3.05) is 23.7 Å². The highest BCUT2D eigenvalue weighted by molar-refractivity contribution is 8.00. The molecule has 172 valence electrons. The zero-order chi connectivity index (χ0) is 23.1. The lowest BCUT2D eigenvalue weighted by molar-refractivity contribution is -0.137. The van der Waals surface area contributed by atoms with Crippen LogP contribution in [0.3, 0.4) is 0 Å². The summed E-state index contributed by atoms with van der Waals surface area (Å²) in [7, 11) is 0. The average molecular weight is 460 g/mol. The van der Waals surface area contributed by atoms with Crippen LogP contribution < -0.4 is 4.90 Å². The van der Waals surface area contributed by atoms with Gasteiger partial charge in [-0.1, -0.05) is 72.8 Å². The molecule has 1 N–H and O–H groups in total. The van der Waals surface area contributed by atoms with Crippen molar-refractivity contribution in [2.24, 2.45) is 0 Å². The van der Waals surface area contributed by atoms with Gasteiger partial charge in [0, 0.05) is 31.0 Å². The molecule has 0 saturated heterocycles. The van der Waals surface area contributed by atoms with E-state index in [0.29, 0.717) is 6.42 Å². The molecule has 3 aromatic carbocycles. The molecule has 3 nitrogen and oxygen atoms in total. The van der Waals surface area contributed by atoms with Gasteiger partial charge in [-0.25, -0.2) is 0 Å². The first-order chi connectivity index (χ1) is 16.1. The number of anilines is 1. The number of carboxylic acids is 1. The van der Waals surface area contributed by atoms with Crippen LogP contribution in [0.1, 0.15) is 48.4 Å². The number of benzene rings is 3. The summed E-state index contributed by atoms with van der Waals surface area (Å²) in [5, 5.41) is 8.99. The maximum atomic E-state index is 10.9. The van der Waals surface area contributed by atoms with Gasteiger partial charge in [-0.2, -0.15) is 0 Å². The van der Waals surface area contributed by atoms with Gasteiger partial charge in [0.05, 0.1) is 4.75 Å². The highest BCUT2D eigenvalue weighted by Gasteiger charge is 2.29. The molecular weight excluding hydrogens is 426 g/mol. The smallest absolute Gasteiger partial charge is 0.303 e. The molecule has 1 aliphatic rings. The SMILES string of the molecule is CC(SCCN1CCCc2c(CCCC(=O)O)cccc21)(c1ccccc1)c1ccccc1. The molecule has 4 rings (SSSR count). The first-order valence-corrected chi connectivity index (χ1v) is 12.9. The van der Waals surface area contributed by atoms with Crippen LogP contribution in [0.15, 0.2) is 78.9 Å².